The molecule has 1 amide bonds. The van der Waals surface area contributed by atoms with E-state index in [0.717, 1.165) is 38.9 Å². The smallest absolute Gasteiger partial charge is 0.228 e. The van der Waals surface area contributed by atoms with Crippen molar-refractivity contribution in [3.05, 3.63) is 64.9 Å². The molecule has 0 bridgehead atoms. The number of aryl methyl sites for hydroxylation is 3. The molecule has 112 valence electrons. The molecule has 0 unspecified atom stereocenters. The van der Waals surface area contributed by atoms with Crippen molar-refractivity contribution >= 4 is 22.6 Å². The first-order valence-corrected chi connectivity index (χ1v) is 7.37. The van der Waals surface area contributed by atoms with Crippen molar-refractivity contribution in [2.45, 2.75) is 27.2 Å². The molecule has 0 atom stereocenters. The van der Waals surface area contributed by atoms with Crippen LogP contribution in [0.2, 0.25) is 0 Å². The van der Waals surface area contributed by atoms with E-state index in [-0.39, 0.29) is 5.91 Å². The Morgan fingerprint density at radius 1 is 1.05 bits per heavy atom. The zero-order chi connectivity index (χ0) is 15.7. The fourth-order valence-electron chi connectivity index (χ4n) is 2.57. The zero-order valence-corrected chi connectivity index (χ0v) is 13.1. The van der Waals surface area contributed by atoms with Crippen LogP contribution in [0.15, 0.2) is 47.1 Å². The first kappa shape index (κ1) is 14.4. The van der Waals surface area contributed by atoms with Gasteiger partial charge in [0.1, 0.15) is 5.58 Å². The number of rotatable bonds is 3. The maximum Gasteiger partial charge on any atom is 0.228 e. The van der Waals surface area contributed by atoms with Crippen molar-refractivity contribution in [2.75, 3.05) is 5.32 Å². The fraction of sp³-hybridized carbons (Fsp3) is 0.211. The predicted octanol–water partition coefficient (Wildman–Crippen LogP) is 4.54. The van der Waals surface area contributed by atoms with Crippen molar-refractivity contribution in [3.63, 3.8) is 0 Å². The molecule has 0 radical (unpaired) electrons. The van der Waals surface area contributed by atoms with Crippen molar-refractivity contribution in [2.24, 2.45) is 0 Å². The molecule has 22 heavy (non-hydrogen) atoms. The molecule has 0 aliphatic rings. The molecule has 1 N–H and O–H groups in total. The summed E-state index contributed by atoms with van der Waals surface area (Å²) in [5.41, 5.74) is 5.96. The Balaban J connectivity index is 1.81. The van der Waals surface area contributed by atoms with Gasteiger partial charge < -0.3 is 9.73 Å². The summed E-state index contributed by atoms with van der Waals surface area (Å²) in [7, 11) is 0. The Hall–Kier alpha value is -2.55. The molecule has 3 rings (SSSR count). The minimum absolute atomic E-state index is 0.0297. The van der Waals surface area contributed by atoms with E-state index in [1.807, 2.05) is 51.1 Å². The molecule has 2 aromatic carbocycles. The standard InChI is InChI=1S/C19H19NO2/c1-12-5-7-18-16(8-12)15(11-22-18)10-19(21)20-17-9-13(2)4-6-14(17)3/h4-9,11H,10H2,1-3H3,(H,20,21). The van der Waals surface area contributed by atoms with Crippen LogP contribution < -0.4 is 5.32 Å². The van der Waals surface area contributed by atoms with Crippen LogP contribution in [0.3, 0.4) is 0 Å². The fourth-order valence-corrected chi connectivity index (χ4v) is 2.57. The van der Waals surface area contributed by atoms with Gasteiger partial charge >= 0.3 is 0 Å². The molecule has 1 heterocycles. The van der Waals surface area contributed by atoms with E-state index >= 15 is 0 Å². The Labute approximate surface area is 130 Å². The van der Waals surface area contributed by atoms with Gasteiger partial charge in [0.2, 0.25) is 5.91 Å². The van der Waals surface area contributed by atoms with Crippen molar-refractivity contribution < 1.29 is 9.21 Å². The molecule has 0 fully saturated rings. The second kappa shape index (κ2) is 5.68. The number of hydrogen-bond donors (Lipinski definition) is 1. The van der Waals surface area contributed by atoms with Crippen LogP contribution in [0.5, 0.6) is 0 Å². The number of benzene rings is 2. The molecule has 0 aliphatic heterocycles. The van der Waals surface area contributed by atoms with Crippen LogP contribution >= 0.6 is 0 Å². The molecule has 0 spiro atoms. The number of carbonyl (C=O) groups excluding carboxylic acids is 1. The van der Waals surface area contributed by atoms with E-state index in [2.05, 4.69) is 11.4 Å². The third kappa shape index (κ3) is 2.89. The molecule has 0 saturated heterocycles. The summed E-state index contributed by atoms with van der Waals surface area (Å²) >= 11 is 0. The van der Waals surface area contributed by atoms with Gasteiger partial charge in [0.25, 0.3) is 0 Å². The highest BCUT2D eigenvalue weighted by atomic mass is 16.3. The topological polar surface area (TPSA) is 42.2 Å². The van der Waals surface area contributed by atoms with Gasteiger partial charge in [-0.2, -0.15) is 0 Å². The number of furan rings is 1. The number of nitrogens with one attached hydrogen (secondary N) is 1. The molecular weight excluding hydrogens is 274 g/mol. The van der Waals surface area contributed by atoms with Crippen LogP contribution in [-0.2, 0) is 11.2 Å². The van der Waals surface area contributed by atoms with E-state index in [4.69, 9.17) is 4.42 Å². The summed E-state index contributed by atoms with van der Waals surface area (Å²) in [6.07, 6.45) is 1.98. The Morgan fingerprint density at radius 2 is 1.77 bits per heavy atom. The summed E-state index contributed by atoms with van der Waals surface area (Å²) in [6.45, 7) is 6.04. The molecule has 3 heteroatoms. The van der Waals surface area contributed by atoms with Crippen molar-refractivity contribution in [3.8, 4) is 0 Å². The van der Waals surface area contributed by atoms with Gasteiger partial charge in [-0.15, -0.1) is 0 Å². The minimum atomic E-state index is -0.0297. The second-order valence-corrected chi connectivity index (χ2v) is 5.80. The number of carbonyl (C=O) groups is 1. The number of amides is 1. The summed E-state index contributed by atoms with van der Waals surface area (Å²) in [6, 6.07) is 12.0. The average Bonchev–Trinajstić information content (AvgIpc) is 2.85. The Kier molecular flexibility index (Phi) is 3.72. The first-order valence-electron chi connectivity index (χ1n) is 7.37. The highest BCUT2D eigenvalue weighted by Crippen LogP contribution is 2.23. The highest BCUT2D eigenvalue weighted by molar-refractivity contribution is 5.96. The maximum atomic E-state index is 12.3. The van der Waals surface area contributed by atoms with Gasteiger partial charge in [-0.3, -0.25) is 4.79 Å². The molecule has 1 aromatic heterocycles. The lowest BCUT2D eigenvalue weighted by Crippen LogP contribution is -2.15. The van der Waals surface area contributed by atoms with Crippen LogP contribution in [0, 0.1) is 20.8 Å². The Bertz CT molecular complexity index is 846. The molecule has 3 aromatic rings. The van der Waals surface area contributed by atoms with E-state index < -0.39 is 0 Å². The molecular formula is C19H19NO2. The van der Waals surface area contributed by atoms with Gasteiger partial charge in [0.15, 0.2) is 0 Å². The third-order valence-corrected chi connectivity index (χ3v) is 3.83. The number of anilines is 1. The second-order valence-electron chi connectivity index (χ2n) is 5.80. The largest absolute Gasteiger partial charge is 0.464 e. The van der Waals surface area contributed by atoms with Crippen LogP contribution in [0.4, 0.5) is 5.69 Å². The first-order chi connectivity index (χ1) is 10.5. The van der Waals surface area contributed by atoms with Crippen LogP contribution in [-0.4, -0.2) is 5.91 Å². The summed E-state index contributed by atoms with van der Waals surface area (Å²) in [5, 5.41) is 4.00. The van der Waals surface area contributed by atoms with Crippen LogP contribution in [0.25, 0.3) is 11.0 Å². The predicted molar refractivity (Wildman–Crippen MR) is 89.2 cm³/mol. The normalized spacial score (nSPS) is 10.9. The monoisotopic (exact) mass is 293 g/mol. The number of hydrogen-bond acceptors (Lipinski definition) is 2. The minimum Gasteiger partial charge on any atom is -0.464 e. The Morgan fingerprint density at radius 3 is 2.59 bits per heavy atom. The highest BCUT2D eigenvalue weighted by Gasteiger charge is 2.11. The van der Waals surface area contributed by atoms with E-state index in [1.165, 1.54) is 0 Å². The quantitative estimate of drug-likeness (QED) is 0.770. The van der Waals surface area contributed by atoms with Gasteiger partial charge in [0, 0.05) is 16.6 Å². The zero-order valence-electron chi connectivity index (χ0n) is 13.1. The van der Waals surface area contributed by atoms with Crippen LogP contribution in [0.1, 0.15) is 22.3 Å². The SMILES string of the molecule is Cc1ccc(C)c(NC(=O)Cc2coc3ccc(C)cc23)c1. The van der Waals surface area contributed by atoms with Gasteiger partial charge in [-0.1, -0.05) is 23.8 Å². The molecule has 0 aliphatic carbocycles. The number of fused-ring (bicyclic) bond motifs is 1. The summed E-state index contributed by atoms with van der Waals surface area (Å²) in [5.74, 6) is -0.0297. The van der Waals surface area contributed by atoms with E-state index in [1.54, 1.807) is 6.26 Å². The lowest BCUT2D eigenvalue weighted by atomic mass is 10.1. The lowest BCUT2D eigenvalue weighted by Gasteiger charge is -2.09. The van der Waals surface area contributed by atoms with E-state index in [9.17, 15) is 4.79 Å². The summed E-state index contributed by atoms with van der Waals surface area (Å²) < 4.78 is 5.52. The van der Waals surface area contributed by atoms with E-state index in [0.29, 0.717) is 6.42 Å². The van der Waals surface area contributed by atoms with Crippen molar-refractivity contribution in [1.82, 2.24) is 0 Å². The van der Waals surface area contributed by atoms with Gasteiger partial charge in [-0.25, -0.2) is 0 Å². The summed E-state index contributed by atoms with van der Waals surface area (Å²) in [4.78, 5) is 12.3. The maximum absolute atomic E-state index is 12.3. The lowest BCUT2D eigenvalue weighted by molar-refractivity contribution is -0.115. The average molecular weight is 293 g/mol. The van der Waals surface area contributed by atoms with Gasteiger partial charge in [0.05, 0.1) is 12.7 Å². The van der Waals surface area contributed by atoms with Crippen molar-refractivity contribution in [1.29, 1.82) is 0 Å². The third-order valence-electron chi connectivity index (χ3n) is 3.83. The molecule has 3 nitrogen and oxygen atoms in total. The van der Waals surface area contributed by atoms with Gasteiger partial charge in [-0.05, 0) is 50.1 Å². The molecule has 0 saturated carbocycles.